The number of pyridine rings is 1. The third-order valence-corrected chi connectivity index (χ3v) is 7.57. The van der Waals surface area contributed by atoms with Crippen LogP contribution < -0.4 is 10.1 Å². The molecule has 0 radical (unpaired) electrons. The molecule has 32 heavy (non-hydrogen) atoms. The zero-order chi connectivity index (χ0) is 22.9. The number of amides is 1. The van der Waals surface area contributed by atoms with E-state index < -0.39 is 10.0 Å². The number of carbonyl (C=O) groups is 1. The van der Waals surface area contributed by atoms with Crippen LogP contribution in [-0.4, -0.2) is 78.2 Å². The number of anilines is 1. The lowest BCUT2D eigenvalue weighted by atomic mass is 9.77. The van der Waals surface area contributed by atoms with Crippen LogP contribution in [0.1, 0.15) is 37.0 Å². The van der Waals surface area contributed by atoms with E-state index in [1.807, 2.05) is 0 Å². The Balaban J connectivity index is 1.47. The minimum absolute atomic E-state index is 0.101. The highest BCUT2D eigenvalue weighted by Gasteiger charge is 2.49. The number of aryl methyl sites for hydroxylation is 1. The number of likely N-dealkylation sites (tertiary alicyclic amines) is 1. The Labute approximate surface area is 187 Å². The van der Waals surface area contributed by atoms with E-state index in [0.29, 0.717) is 42.9 Å². The Morgan fingerprint density at radius 1 is 1.34 bits per heavy atom. The normalized spacial score (nSPS) is 21.7. The second-order valence-corrected chi connectivity index (χ2v) is 10.6. The van der Waals surface area contributed by atoms with Crippen molar-refractivity contribution in [1.82, 2.24) is 24.3 Å². The molecule has 2 aliphatic rings. The van der Waals surface area contributed by atoms with Crippen molar-refractivity contribution in [3.05, 3.63) is 30.0 Å². The van der Waals surface area contributed by atoms with E-state index in [1.165, 1.54) is 17.7 Å². The molecule has 2 aromatic heterocycles. The van der Waals surface area contributed by atoms with Crippen LogP contribution in [0.25, 0.3) is 0 Å². The van der Waals surface area contributed by atoms with Crippen LogP contribution in [0.4, 0.5) is 5.69 Å². The number of carbonyl (C=O) groups excluding carboxylic acids is 1. The molecule has 1 unspecified atom stereocenters. The largest absolute Gasteiger partial charge is 0.481 e. The Morgan fingerprint density at radius 2 is 2.09 bits per heavy atom. The lowest BCUT2D eigenvalue weighted by Gasteiger charge is -2.38. The monoisotopic (exact) mass is 464 g/mol. The van der Waals surface area contributed by atoms with Crippen LogP contribution in [0.3, 0.4) is 0 Å². The molecule has 174 valence electrons. The lowest BCUT2D eigenvalue weighted by Crippen LogP contribution is -2.44. The first-order chi connectivity index (χ1) is 15.2. The first-order valence-corrected chi connectivity index (χ1v) is 12.3. The van der Waals surface area contributed by atoms with Crippen molar-refractivity contribution in [3.63, 3.8) is 0 Å². The van der Waals surface area contributed by atoms with Crippen LogP contribution >= 0.6 is 0 Å². The molecule has 2 aliphatic heterocycles. The maximum absolute atomic E-state index is 12.8. The summed E-state index contributed by atoms with van der Waals surface area (Å²) in [5.41, 5.74) is 0.479. The molecule has 0 saturated carbocycles. The van der Waals surface area contributed by atoms with Crippen molar-refractivity contribution >= 4 is 21.6 Å². The number of piperidine rings is 1. The molecule has 12 heteroatoms. The van der Waals surface area contributed by atoms with Gasteiger partial charge in [-0.05, 0) is 37.7 Å². The van der Waals surface area contributed by atoms with Crippen molar-refractivity contribution < 1.29 is 22.5 Å². The Bertz CT molecular complexity index is 1060. The molecule has 2 saturated heterocycles. The molecular weight excluding hydrogens is 436 g/mol. The number of hydrogen-bond donors (Lipinski definition) is 1. The Hall–Kier alpha value is -2.57. The summed E-state index contributed by atoms with van der Waals surface area (Å²) in [7, 11) is -1.68. The van der Waals surface area contributed by atoms with Crippen molar-refractivity contribution in [2.24, 2.45) is 5.41 Å². The number of methoxy groups -OCH3 is 1. The van der Waals surface area contributed by atoms with E-state index in [4.69, 9.17) is 9.26 Å². The van der Waals surface area contributed by atoms with Gasteiger partial charge in [0.1, 0.15) is 0 Å². The lowest BCUT2D eigenvalue weighted by molar-refractivity contribution is -0.117. The number of ether oxygens (including phenoxy) is 1. The van der Waals surface area contributed by atoms with Gasteiger partial charge in [-0.2, -0.15) is 4.98 Å². The molecule has 0 aromatic carbocycles. The number of rotatable bonds is 6. The summed E-state index contributed by atoms with van der Waals surface area (Å²) >= 11 is 0. The standard InChI is InChI=1S/C20H28N6O5S/c1-14-22-19(31-24-14)16-10-20(6-8-26(9-7-20)32(3,28)29)13-25(16)12-17(27)23-15-4-5-18(30-2)21-11-15/h4-5,11,16H,6-10,12-13H2,1-3H3,(H,23,27). The zero-order valence-corrected chi connectivity index (χ0v) is 19.3. The van der Waals surface area contributed by atoms with Gasteiger partial charge in [0.2, 0.25) is 27.7 Å². The molecule has 0 bridgehead atoms. The summed E-state index contributed by atoms with van der Waals surface area (Å²) in [4.78, 5) is 23.4. The Morgan fingerprint density at radius 3 is 2.66 bits per heavy atom. The number of aromatic nitrogens is 3. The van der Waals surface area contributed by atoms with Crippen LogP contribution in [-0.2, 0) is 14.8 Å². The highest BCUT2D eigenvalue weighted by atomic mass is 32.2. The van der Waals surface area contributed by atoms with Crippen molar-refractivity contribution in [3.8, 4) is 5.88 Å². The number of sulfonamides is 1. The van der Waals surface area contributed by atoms with E-state index in [2.05, 4.69) is 25.3 Å². The smallest absolute Gasteiger partial charge is 0.244 e. The average Bonchev–Trinajstić information content (AvgIpc) is 3.32. The van der Waals surface area contributed by atoms with E-state index >= 15 is 0 Å². The molecule has 1 N–H and O–H groups in total. The van der Waals surface area contributed by atoms with E-state index in [0.717, 1.165) is 19.3 Å². The van der Waals surface area contributed by atoms with Gasteiger partial charge in [-0.1, -0.05) is 5.16 Å². The van der Waals surface area contributed by atoms with E-state index in [9.17, 15) is 13.2 Å². The quantitative estimate of drug-likeness (QED) is 0.670. The number of hydrogen-bond acceptors (Lipinski definition) is 9. The first kappa shape index (κ1) is 22.6. The van der Waals surface area contributed by atoms with Gasteiger partial charge < -0.3 is 14.6 Å². The number of nitrogens with one attached hydrogen (secondary N) is 1. The summed E-state index contributed by atoms with van der Waals surface area (Å²) < 4.78 is 35.9. The summed E-state index contributed by atoms with van der Waals surface area (Å²) in [6.07, 6.45) is 4.98. The molecule has 0 aliphatic carbocycles. The molecule has 2 aromatic rings. The van der Waals surface area contributed by atoms with Crippen LogP contribution in [0.5, 0.6) is 5.88 Å². The van der Waals surface area contributed by atoms with Crippen LogP contribution in [0.15, 0.2) is 22.9 Å². The molecule has 1 atom stereocenters. The minimum atomic E-state index is -3.21. The van der Waals surface area contributed by atoms with E-state index in [-0.39, 0.29) is 23.9 Å². The molecule has 11 nitrogen and oxygen atoms in total. The second kappa shape index (κ2) is 8.75. The SMILES string of the molecule is COc1ccc(NC(=O)CN2CC3(CCN(S(C)(=O)=O)CC3)CC2c2nc(C)no2)cn1. The van der Waals surface area contributed by atoms with Gasteiger partial charge in [0.15, 0.2) is 5.82 Å². The fourth-order valence-corrected chi connectivity index (χ4v) is 5.46. The highest BCUT2D eigenvalue weighted by Crippen LogP contribution is 2.48. The zero-order valence-electron chi connectivity index (χ0n) is 18.4. The van der Waals surface area contributed by atoms with Gasteiger partial charge in [0.05, 0.1) is 37.8 Å². The highest BCUT2D eigenvalue weighted by molar-refractivity contribution is 7.88. The third kappa shape index (κ3) is 4.92. The van der Waals surface area contributed by atoms with Crippen LogP contribution in [0, 0.1) is 12.3 Å². The predicted molar refractivity (Wildman–Crippen MR) is 115 cm³/mol. The maximum atomic E-state index is 12.8. The summed E-state index contributed by atoms with van der Waals surface area (Å²) in [6.45, 7) is 3.52. The third-order valence-electron chi connectivity index (χ3n) is 6.26. The maximum Gasteiger partial charge on any atom is 0.244 e. The van der Waals surface area contributed by atoms with Gasteiger partial charge in [-0.3, -0.25) is 9.69 Å². The fraction of sp³-hybridized carbons (Fsp3) is 0.600. The van der Waals surface area contributed by atoms with Crippen LogP contribution in [0.2, 0.25) is 0 Å². The minimum Gasteiger partial charge on any atom is -0.481 e. The molecule has 2 fully saturated rings. The van der Waals surface area contributed by atoms with Gasteiger partial charge in [0.25, 0.3) is 0 Å². The Kier molecular flexibility index (Phi) is 6.19. The topological polar surface area (TPSA) is 131 Å². The summed E-state index contributed by atoms with van der Waals surface area (Å²) in [6, 6.07) is 3.22. The summed E-state index contributed by atoms with van der Waals surface area (Å²) in [5, 5.41) is 6.78. The number of nitrogens with zero attached hydrogens (tertiary/aromatic N) is 5. The molecular formula is C20H28N6O5S. The fourth-order valence-electron chi connectivity index (χ4n) is 4.62. The molecule has 1 spiro atoms. The molecule has 1 amide bonds. The van der Waals surface area contributed by atoms with Gasteiger partial charge >= 0.3 is 0 Å². The predicted octanol–water partition coefficient (Wildman–Crippen LogP) is 1.21. The summed E-state index contributed by atoms with van der Waals surface area (Å²) in [5.74, 6) is 1.32. The van der Waals surface area contributed by atoms with Gasteiger partial charge in [-0.15, -0.1) is 0 Å². The van der Waals surface area contributed by atoms with Crippen molar-refractivity contribution in [2.45, 2.75) is 32.2 Å². The second-order valence-electron chi connectivity index (χ2n) is 8.60. The van der Waals surface area contributed by atoms with Crippen molar-refractivity contribution in [1.29, 1.82) is 0 Å². The average molecular weight is 465 g/mol. The van der Waals surface area contributed by atoms with Crippen molar-refractivity contribution in [2.75, 3.05) is 44.9 Å². The molecule has 4 heterocycles. The first-order valence-electron chi connectivity index (χ1n) is 10.5. The van der Waals surface area contributed by atoms with E-state index in [1.54, 1.807) is 25.3 Å². The van der Waals surface area contributed by atoms with Gasteiger partial charge in [0, 0.05) is 25.7 Å². The molecule has 4 rings (SSSR count). The van der Waals surface area contributed by atoms with Gasteiger partial charge in [-0.25, -0.2) is 17.7 Å².